The molecule has 1 aromatic heterocycles. The summed E-state index contributed by atoms with van der Waals surface area (Å²) in [5.74, 6) is -0.935. The van der Waals surface area contributed by atoms with Crippen molar-refractivity contribution in [3.05, 3.63) is 58.6 Å². The molecular formula is C19H19N3O5. The van der Waals surface area contributed by atoms with E-state index in [0.29, 0.717) is 28.0 Å². The van der Waals surface area contributed by atoms with Crippen LogP contribution in [0.2, 0.25) is 0 Å². The third-order valence-electron chi connectivity index (χ3n) is 3.93. The van der Waals surface area contributed by atoms with Crippen LogP contribution in [0, 0.1) is 0 Å². The fourth-order valence-corrected chi connectivity index (χ4v) is 2.74. The molecular weight excluding hydrogens is 350 g/mol. The zero-order valence-corrected chi connectivity index (χ0v) is 15.1. The summed E-state index contributed by atoms with van der Waals surface area (Å²) in [6.45, 7) is 3.77. The lowest BCUT2D eigenvalue weighted by Crippen LogP contribution is -2.19. The van der Waals surface area contributed by atoms with Crippen molar-refractivity contribution in [3.8, 4) is 0 Å². The summed E-state index contributed by atoms with van der Waals surface area (Å²) >= 11 is 0. The predicted molar refractivity (Wildman–Crippen MR) is 101 cm³/mol. The van der Waals surface area contributed by atoms with E-state index in [-0.39, 0.29) is 6.04 Å². The van der Waals surface area contributed by atoms with E-state index in [1.165, 1.54) is 17.7 Å². The van der Waals surface area contributed by atoms with Crippen LogP contribution in [-0.2, 0) is 4.74 Å². The van der Waals surface area contributed by atoms with Gasteiger partial charge < -0.3 is 19.8 Å². The average molecular weight is 369 g/mol. The van der Waals surface area contributed by atoms with Crippen molar-refractivity contribution in [2.75, 3.05) is 17.7 Å². The van der Waals surface area contributed by atoms with E-state index in [9.17, 15) is 14.4 Å². The summed E-state index contributed by atoms with van der Waals surface area (Å²) in [6, 6.07) is 10.8. The van der Waals surface area contributed by atoms with Crippen LogP contribution in [0.15, 0.2) is 51.7 Å². The third-order valence-corrected chi connectivity index (χ3v) is 3.93. The van der Waals surface area contributed by atoms with Gasteiger partial charge in [0.15, 0.2) is 5.58 Å². The van der Waals surface area contributed by atoms with Crippen molar-refractivity contribution < 1.29 is 18.7 Å². The molecule has 140 valence electrons. The summed E-state index contributed by atoms with van der Waals surface area (Å²) in [6.07, 6.45) is 0. The molecule has 0 fully saturated rings. The topological polar surface area (TPSA) is 103 Å². The first-order valence-corrected chi connectivity index (χ1v) is 8.30. The largest absolute Gasteiger partial charge is 0.465 e. The Morgan fingerprint density at radius 2 is 1.78 bits per heavy atom. The lowest BCUT2D eigenvalue weighted by Gasteiger charge is -2.09. The van der Waals surface area contributed by atoms with Crippen LogP contribution in [0.3, 0.4) is 0 Å². The maximum atomic E-state index is 12.2. The minimum absolute atomic E-state index is 0.0389. The van der Waals surface area contributed by atoms with Gasteiger partial charge in [0.05, 0.1) is 18.2 Å². The number of hydrogen-bond donors (Lipinski definition) is 2. The van der Waals surface area contributed by atoms with Gasteiger partial charge in [0.2, 0.25) is 0 Å². The number of fused-ring (bicyclic) bond motifs is 1. The Morgan fingerprint density at radius 3 is 2.44 bits per heavy atom. The maximum Gasteiger partial charge on any atom is 0.420 e. The Kier molecular flexibility index (Phi) is 4.98. The number of rotatable bonds is 4. The second-order valence-electron chi connectivity index (χ2n) is 6.17. The highest BCUT2D eigenvalue weighted by molar-refractivity contribution is 6.01. The zero-order chi connectivity index (χ0) is 19.6. The highest BCUT2D eigenvalue weighted by Crippen LogP contribution is 2.21. The van der Waals surface area contributed by atoms with Crippen LogP contribution in [0.4, 0.5) is 16.2 Å². The number of hydrogen-bond acceptors (Lipinski definition) is 5. The Morgan fingerprint density at radius 1 is 1.07 bits per heavy atom. The number of aromatic nitrogens is 1. The van der Waals surface area contributed by atoms with Gasteiger partial charge in [0.25, 0.3) is 0 Å². The van der Waals surface area contributed by atoms with Crippen molar-refractivity contribution in [1.82, 2.24) is 4.57 Å². The van der Waals surface area contributed by atoms with Crippen LogP contribution >= 0.6 is 0 Å². The molecule has 3 aromatic rings. The molecule has 2 aromatic carbocycles. The second kappa shape index (κ2) is 7.36. The Hall–Kier alpha value is -3.55. The molecule has 0 aliphatic rings. The van der Waals surface area contributed by atoms with Gasteiger partial charge in [-0.15, -0.1) is 0 Å². The molecule has 8 nitrogen and oxygen atoms in total. The molecule has 0 aliphatic heterocycles. The quantitative estimate of drug-likeness (QED) is 0.684. The number of oxazole rings is 1. The number of carbonyl (C=O) groups is 2. The molecule has 3 rings (SSSR count). The van der Waals surface area contributed by atoms with E-state index in [4.69, 9.17) is 4.42 Å². The average Bonchev–Trinajstić information content (AvgIpc) is 2.96. The molecule has 0 aliphatic carbocycles. The normalized spacial score (nSPS) is 10.8. The van der Waals surface area contributed by atoms with Crippen LogP contribution in [0.1, 0.15) is 30.2 Å². The van der Waals surface area contributed by atoms with E-state index in [0.717, 1.165) is 0 Å². The number of amides is 2. The summed E-state index contributed by atoms with van der Waals surface area (Å²) in [5.41, 5.74) is 2.28. The number of carbonyl (C=O) groups excluding carboxylic acids is 2. The van der Waals surface area contributed by atoms with Crippen molar-refractivity contribution >= 4 is 34.5 Å². The zero-order valence-electron chi connectivity index (χ0n) is 15.1. The van der Waals surface area contributed by atoms with Crippen LogP contribution in [0.25, 0.3) is 11.1 Å². The molecule has 0 spiro atoms. The van der Waals surface area contributed by atoms with Gasteiger partial charge in [-0.25, -0.2) is 14.4 Å². The maximum absolute atomic E-state index is 12.2. The Bertz CT molecular complexity index is 1060. The van der Waals surface area contributed by atoms with E-state index in [2.05, 4.69) is 15.4 Å². The number of nitrogens with one attached hydrogen (secondary N) is 2. The van der Waals surface area contributed by atoms with Crippen molar-refractivity contribution in [3.63, 3.8) is 0 Å². The molecule has 2 amide bonds. The second-order valence-corrected chi connectivity index (χ2v) is 6.17. The lowest BCUT2D eigenvalue weighted by molar-refractivity contribution is 0.0600. The van der Waals surface area contributed by atoms with Gasteiger partial charge in [-0.3, -0.25) is 4.57 Å². The van der Waals surface area contributed by atoms with E-state index in [1.54, 1.807) is 36.4 Å². The first kappa shape index (κ1) is 18.2. The number of nitrogens with zero attached hydrogens (tertiary/aromatic N) is 1. The minimum Gasteiger partial charge on any atom is -0.465 e. The summed E-state index contributed by atoms with van der Waals surface area (Å²) in [5, 5.41) is 5.30. The number of ether oxygens (including phenoxy) is 1. The van der Waals surface area contributed by atoms with Crippen LogP contribution in [-0.4, -0.2) is 23.7 Å². The number of anilines is 2. The molecule has 2 N–H and O–H groups in total. The highest BCUT2D eigenvalue weighted by Gasteiger charge is 2.13. The predicted octanol–water partition coefficient (Wildman–Crippen LogP) is 3.61. The Labute approximate surface area is 154 Å². The van der Waals surface area contributed by atoms with E-state index in [1.807, 2.05) is 13.8 Å². The fourth-order valence-electron chi connectivity index (χ4n) is 2.74. The van der Waals surface area contributed by atoms with Crippen molar-refractivity contribution in [1.29, 1.82) is 0 Å². The SMILES string of the molecule is COC(=O)c1cccc(NC(=O)Nc2ccc3c(c2)oc(=O)n3C(C)C)c1. The van der Waals surface area contributed by atoms with Gasteiger partial charge in [-0.1, -0.05) is 6.07 Å². The molecule has 0 saturated heterocycles. The van der Waals surface area contributed by atoms with E-state index < -0.39 is 17.8 Å². The first-order chi connectivity index (χ1) is 12.9. The molecule has 27 heavy (non-hydrogen) atoms. The van der Waals surface area contributed by atoms with Crippen molar-refractivity contribution in [2.45, 2.75) is 19.9 Å². The number of urea groups is 1. The number of esters is 1. The first-order valence-electron chi connectivity index (χ1n) is 8.30. The summed E-state index contributed by atoms with van der Waals surface area (Å²) < 4.78 is 11.4. The molecule has 0 bridgehead atoms. The lowest BCUT2D eigenvalue weighted by atomic mass is 10.2. The summed E-state index contributed by atoms with van der Waals surface area (Å²) in [4.78, 5) is 35.7. The van der Waals surface area contributed by atoms with Gasteiger partial charge >= 0.3 is 17.8 Å². The van der Waals surface area contributed by atoms with Gasteiger partial charge in [0.1, 0.15) is 0 Å². The monoisotopic (exact) mass is 369 g/mol. The van der Waals surface area contributed by atoms with Crippen LogP contribution in [0.5, 0.6) is 0 Å². The molecule has 0 atom stereocenters. The van der Waals surface area contributed by atoms with Crippen molar-refractivity contribution in [2.24, 2.45) is 0 Å². The molecule has 1 heterocycles. The van der Waals surface area contributed by atoms with Gasteiger partial charge in [-0.2, -0.15) is 0 Å². The summed E-state index contributed by atoms with van der Waals surface area (Å²) in [7, 11) is 1.29. The number of benzene rings is 2. The molecule has 0 radical (unpaired) electrons. The molecule has 8 heteroatoms. The fraction of sp³-hybridized carbons (Fsp3) is 0.211. The molecule has 0 unspecified atom stereocenters. The van der Waals surface area contributed by atoms with Crippen LogP contribution < -0.4 is 16.4 Å². The van der Waals surface area contributed by atoms with Gasteiger partial charge in [0, 0.05) is 23.5 Å². The minimum atomic E-state index is -0.498. The van der Waals surface area contributed by atoms with E-state index >= 15 is 0 Å². The highest BCUT2D eigenvalue weighted by atomic mass is 16.5. The smallest absolute Gasteiger partial charge is 0.420 e. The number of methoxy groups -OCH3 is 1. The third kappa shape index (κ3) is 3.84. The Balaban J connectivity index is 1.76. The molecule has 0 saturated carbocycles. The van der Waals surface area contributed by atoms with Gasteiger partial charge in [-0.05, 0) is 44.2 Å². The standard InChI is InChI=1S/C19H19N3O5/c1-11(2)22-15-8-7-14(10-16(15)27-19(22)25)21-18(24)20-13-6-4-5-12(9-13)17(23)26-3/h4-11H,1-3H3,(H2,20,21,24).